The molecule has 3 atom stereocenters. The maximum absolute atomic E-state index is 12.3. The van der Waals surface area contributed by atoms with Crippen molar-refractivity contribution in [2.24, 2.45) is 11.7 Å². The number of hydroxylamine groups is 2. The van der Waals surface area contributed by atoms with Crippen molar-refractivity contribution in [3.05, 3.63) is 69.5 Å². The average Bonchev–Trinajstić information content (AvgIpc) is 3.20. The summed E-state index contributed by atoms with van der Waals surface area (Å²) in [7, 11) is 0. The van der Waals surface area contributed by atoms with Gasteiger partial charge >= 0.3 is 0 Å². The number of nitro benzene ring substituents is 1. The largest absolute Gasteiger partial charge is 0.366 e. The number of aromatic nitrogens is 1. The fourth-order valence-corrected chi connectivity index (χ4v) is 3.60. The Bertz CT molecular complexity index is 1030. The average molecular weight is 397 g/mol. The molecule has 148 valence electrons. The Morgan fingerprint density at radius 1 is 1.28 bits per heavy atom. The molecule has 1 aromatic heterocycles. The number of imide groups is 1. The Morgan fingerprint density at radius 2 is 2.07 bits per heavy atom. The van der Waals surface area contributed by atoms with Crippen molar-refractivity contribution in [3.63, 3.8) is 0 Å². The minimum Gasteiger partial charge on any atom is -0.366 e. The second-order valence-electron chi connectivity index (χ2n) is 6.64. The number of amides is 3. The first-order chi connectivity index (χ1) is 13.9. The normalized spacial score (nSPS) is 23.7. The molecule has 3 N–H and O–H groups in total. The summed E-state index contributed by atoms with van der Waals surface area (Å²) < 4.78 is 0. The summed E-state index contributed by atoms with van der Waals surface area (Å²) in [5.74, 6) is -2.68. The van der Waals surface area contributed by atoms with Gasteiger partial charge in [0.05, 0.1) is 29.1 Å². The zero-order chi connectivity index (χ0) is 20.7. The molecule has 11 heteroatoms. The number of primary amides is 1. The van der Waals surface area contributed by atoms with Crippen molar-refractivity contribution in [2.45, 2.75) is 18.7 Å². The second-order valence-corrected chi connectivity index (χ2v) is 6.64. The van der Waals surface area contributed by atoms with Crippen LogP contribution >= 0.6 is 0 Å². The van der Waals surface area contributed by atoms with Crippen LogP contribution in [0.4, 0.5) is 5.69 Å². The van der Waals surface area contributed by atoms with Gasteiger partial charge in [0.2, 0.25) is 11.8 Å². The van der Waals surface area contributed by atoms with E-state index in [1.54, 1.807) is 24.4 Å². The van der Waals surface area contributed by atoms with Crippen LogP contribution in [0.3, 0.4) is 0 Å². The number of fused-ring (bicyclic) bond motifs is 1. The lowest BCUT2D eigenvalue weighted by Gasteiger charge is -2.24. The standard InChI is InChI=1S/C18H15N5O6/c19-16(24)9-4-5-10(12(7-9)23(27)28)8-22-14(11-3-1-2-6-20-11)13-15(29-22)18(26)21-17(13)25/h1-7,13-15H,8H2,(H2,19,24)(H,21,25,26). The van der Waals surface area contributed by atoms with E-state index in [0.29, 0.717) is 5.69 Å². The molecule has 0 aliphatic carbocycles. The van der Waals surface area contributed by atoms with Gasteiger partial charge in [-0.2, -0.15) is 5.06 Å². The van der Waals surface area contributed by atoms with Crippen LogP contribution in [-0.2, 0) is 21.0 Å². The van der Waals surface area contributed by atoms with Gasteiger partial charge in [0, 0.05) is 23.4 Å². The van der Waals surface area contributed by atoms with E-state index in [2.05, 4.69) is 10.3 Å². The number of nitrogens with one attached hydrogen (secondary N) is 1. The summed E-state index contributed by atoms with van der Waals surface area (Å²) in [5.41, 5.74) is 5.59. The molecule has 2 saturated heterocycles. The Labute approximate surface area is 163 Å². The predicted molar refractivity (Wildman–Crippen MR) is 95.6 cm³/mol. The van der Waals surface area contributed by atoms with Gasteiger partial charge in [0.1, 0.15) is 0 Å². The van der Waals surface area contributed by atoms with Crippen LogP contribution in [0.15, 0.2) is 42.6 Å². The van der Waals surface area contributed by atoms with Gasteiger partial charge in [-0.05, 0) is 24.3 Å². The fraction of sp³-hybridized carbons (Fsp3) is 0.222. The lowest BCUT2D eigenvalue weighted by molar-refractivity contribution is -0.386. The van der Waals surface area contributed by atoms with Gasteiger partial charge in [-0.15, -0.1) is 0 Å². The molecule has 3 unspecified atom stereocenters. The Kier molecular flexibility index (Phi) is 4.53. The Morgan fingerprint density at radius 3 is 2.72 bits per heavy atom. The highest BCUT2D eigenvalue weighted by Gasteiger charge is 2.56. The van der Waals surface area contributed by atoms with Gasteiger partial charge in [0.15, 0.2) is 6.10 Å². The van der Waals surface area contributed by atoms with Crippen molar-refractivity contribution < 1.29 is 24.1 Å². The molecular weight excluding hydrogens is 382 g/mol. The molecule has 29 heavy (non-hydrogen) atoms. The number of nitrogens with zero attached hydrogens (tertiary/aromatic N) is 3. The molecule has 2 aromatic rings. The molecule has 2 aliphatic rings. The third-order valence-corrected chi connectivity index (χ3v) is 4.92. The van der Waals surface area contributed by atoms with Gasteiger partial charge in [-0.25, -0.2) is 0 Å². The van der Waals surface area contributed by atoms with E-state index < -0.39 is 40.7 Å². The number of nitro groups is 1. The minimum atomic E-state index is -1.04. The molecule has 0 saturated carbocycles. The lowest BCUT2D eigenvalue weighted by atomic mass is 9.93. The second kappa shape index (κ2) is 7.04. The molecule has 0 spiro atoms. The summed E-state index contributed by atoms with van der Waals surface area (Å²) in [4.78, 5) is 56.5. The van der Waals surface area contributed by atoms with Crippen LogP contribution in [0.2, 0.25) is 0 Å². The van der Waals surface area contributed by atoms with E-state index in [0.717, 1.165) is 6.07 Å². The molecule has 2 fully saturated rings. The molecule has 3 heterocycles. The van der Waals surface area contributed by atoms with E-state index in [1.165, 1.54) is 17.2 Å². The third-order valence-electron chi connectivity index (χ3n) is 4.92. The van der Waals surface area contributed by atoms with Gasteiger partial charge in [0.25, 0.3) is 11.6 Å². The summed E-state index contributed by atoms with van der Waals surface area (Å²) in [6, 6.07) is 8.25. The molecule has 0 bridgehead atoms. The van der Waals surface area contributed by atoms with Gasteiger partial charge in [-0.3, -0.25) is 39.6 Å². The molecule has 2 aliphatic heterocycles. The highest BCUT2D eigenvalue weighted by Crippen LogP contribution is 2.42. The zero-order valence-electron chi connectivity index (χ0n) is 14.8. The van der Waals surface area contributed by atoms with Crippen LogP contribution in [-0.4, -0.2) is 38.8 Å². The van der Waals surface area contributed by atoms with Crippen LogP contribution < -0.4 is 11.1 Å². The number of rotatable bonds is 5. The maximum Gasteiger partial charge on any atom is 0.274 e. The number of hydrogen-bond acceptors (Lipinski definition) is 8. The highest BCUT2D eigenvalue weighted by molar-refractivity contribution is 6.07. The van der Waals surface area contributed by atoms with Gasteiger partial charge in [-0.1, -0.05) is 6.07 Å². The number of carbonyl (C=O) groups excluding carboxylic acids is 3. The molecule has 0 radical (unpaired) electrons. The Hall–Kier alpha value is -3.70. The predicted octanol–water partition coefficient (Wildman–Crippen LogP) is 0.218. The van der Waals surface area contributed by atoms with E-state index in [4.69, 9.17) is 10.6 Å². The molecule has 4 rings (SSSR count). The quantitative estimate of drug-likeness (QED) is 0.412. The molecular formula is C18H15N5O6. The zero-order valence-corrected chi connectivity index (χ0v) is 14.8. The number of hydrogen-bond donors (Lipinski definition) is 2. The van der Waals surface area contributed by atoms with Gasteiger partial charge < -0.3 is 5.73 Å². The number of nitrogens with two attached hydrogens (primary N) is 1. The van der Waals surface area contributed by atoms with E-state index >= 15 is 0 Å². The van der Waals surface area contributed by atoms with E-state index in [1.807, 2.05) is 0 Å². The number of pyridine rings is 1. The van der Waals surface area contributed by atoms with Crippen molar-refractivity contribution in [2.75, 3.05) is 0 Å². The Balaban J connectivity index is 1.72. The monoisotopic (exact) mass is 397 g/mol. The number of carbonyl (C=O) groups is 3. The van der Waals surface area contributed by atoms with E-state index in [9.17, 15) is 24.5 Å². The smallest absolute Gasteiger partial charge is 0.274 e. The fourth-order valence-electron chi connectivity index (χ4n) is 3.60. The van der Waals surface area contributed by atoms with Crippen LogP contribution in [0.5, 0.6) is 0 Å². The van der Waals surface area contributed by atoms with Crippen LogP contribution in [0.25, 0.3) is 0 Å². The first-order valence-corrected chi connectivity index (χ1v) is 8.63. The van der Waals surface area contributed by atoms with Crippen molar-refractivity contribution in [1.29, 1.82) is 0 Å². The summed E-state index contributed by atoms with van der Waals surface area (Å²) in [6.45, 7) is -0.107. The SMILES string of the molecule is NC(=O)c1ccc(CN2OC3C(=O)NC(=O)C3C2c2ccccn2)c([N+](=O)[O-])c1. The number of benzene rings is 1. The first kappa shape index (κ1) is 18.7. The van der Waals surface area contributed by atoms with Crippen molar-refractivity contribution in [1.82, 2.24) is 15.4 Å². The minimum absolute atomic E-state index is 0.00417. The first-order valence-electron chi connectivity index (χ1n) is 8.63. The summed E-state index contributed by atoms with van der Waals surface area (Å²) in [5, 5.41) is 15.1. The van der Waals surface area contributed by atoms with Crippen LogP contribution in [0, 0.1) is 16.0 Å². The van der Waals surface area contributed by atoms with Crippen LogP contribution in [0.1, 0.15) is 27.7 Å². The van der Waals surface area contributed by atoms with Crippen molar-refractivity contribution >= 4 is 23.4 Å². The molecule has 3 amide bonds. The van der Waals surface area contributed by atoms with Crippen molar-refractivity contribution in [3.8, 4) is 0 Å². The van der Waals surface area contributed by atoms with E-state index in [-0.39, 0.29) is 23.4 Å². The molecule has 1 aromatic carbocycles. The third kappa shape index (κ3) is 3.22. The topological polar surface area (TPSA) is 158 Å². The highest BCUT2D eigenvalue weighted by atomic mass is 16.7. The molecule has 11 nitrogen and oxygen atoms in total. The maximum atomic E-state index is 12.3. The summed E-state index contributed by atoms with van der Waals surface area (Å²) in [6.07, 6.45) is 0.498. The lowest BCUT2D eigenvalue weighted by Crippen LogP contribution is -2.33. The summed E-state index contributed by atoms with van der Waals surface area (Å²) >= 11 is 0.